The van der Waals surface area contributed by atoms with E-state index in [1.54, 1.807) is 30.3 Å². The maximum atomic E-state index is 13.9. The lowest BCUT2D eigenvalue weighted by Crippen LogP contribution is -2.43. The minimum Gasteiger partial charge on any atom is -0.461 e. The molecular formula is C23H28FNO6S. The molecule has 1 aliphatic rings. The highest BCUT2D eigenvalue weighted by Gasteiger charge is 2.34. The van der Waals surface area contributed by atoms with E-state index in [1.807, 2.05) is 6.92 Å². The number of hydrogen-bond acceptors (Lipinski definition) is 6. The standard InChI is InChI=1S/C23H28FNO6S/c1-2-3-13-25(17-12-14-32(28,29)16-17)22(26)15-30-23(27)11-9-18-8-10-21(31-18)19-6-4-5-7-20(19)24/h4-8,10,17H,2-3,9,11-16H2,1H3. The number of esters is 1. The number of ether oxygens (including phenoxy) is 1. The summed E-state index contributed by atoms with van der Waals surface area (Å²) in [5.41, 5.74) is 0.341. The number of rotatable bonds is 10. The third-order valence-electron chi connectivity index (χ3n) is 5.46. The number of unbranched alkanes of at least 4 members (excludes halogenated alkanes) is 1. The predicted octanol–water partition coefficient (Wildman–Crippen LogP) is 3.38. The summed E-state index contributed by atoms with van der Waals surface area (Å²) in [5, 5.41) is 0. The second-order valence-corrected chi connectivity index (χ2v) is 10.1. The summed E-state index contributed by atoms with van der Waals surface area (Å²) in [4.78, 5) is 26.3. The van der Waals surface area contributed by atoms with Gasteiger partial charge in [-0.05, 0) is 37.1 Å². The van der Waals surface area contributed by atoms with E-state index < -0.39 is 28.2 Å². The van der Waals surface area contributed by atoms with Gasteiger partial charge < -0.3 is 14.1 Å². The molecule has 32 heavy (non-hydrogen) atoms. The highest BCUT2D eigenvalue weighted by molar-refractivity contribution is 7.91. The highest BCUT2D eigenvalue weighted by Crippen LogP contribution is 2.25. The lowest BCUT2D eigenvalue weighted by Gasteiger charge is -2.28. The van der Waals surface area contributed by atoms with Crippen LogP contribution >= 0.6 is 0 Å². The molecule has 7 nitrogen and oxygen atoms in total. The normalized spacial score (nSPS) is 17.2. The first kappa shape index (κ1) is 24.0. The van der Waals surface area contributed by atoms with Gasteiger partial charge in [0, 0.05) is 19.0 Å². The fourth-order valence-electron chi connectivity index (χ4n) is 3.70. The molecule has 1 atom stereocenters. The zero-order valence-electron chi connectivity index (χ0n) is 18.1. The summed E-state index contributed by atoms with van der Waals surface area (Å²) in [6, 6.07) is 9.21. The SMILES string of the molecule is CCCCN(C(=O)COC(=O)CCc1ccc(-c2ccccc2F)o1)C1CCS(=O)(=O)C1. The molecule has 1 amide bonds. The topological polar surface area (TPSA) is 93.9 Å². The monoisotopic (exact) mass is 465 g/mol. The largest absolute Gasteiger partial charge is 0.461 e. The molecule has 174 valence electrons. The van der Waals surface area contributed by atoms with Crippen molar-refractivity contribution in [3.63, 3.8) is 0 Å². The maximum Gasteiger partial charge on any atom is 0.306 e. The molecule has 0 saturated carbocycles. The van der Waals surface area contributed by atoms with Crippen LogP contribution in [0.25, 0.3) is 11.3 Å². The van der Waals surface area contributed by atoms with E-state index in [0.717, 1.165) is 12.8 Å². The number of nitrogens with zero attached hydrogens (tertiary/aromatic N) is 1. The van der Waals surface area contributed by atoms with Crippen LogP contribution in [0.1, 0.15) is 38.4 Å². The molecule has 0 radical (unpaired) electrons. The van der Waals surface area contributed by atoms with Crippen LogP contribution in [0.5, 0.6) is 0 Å². The molecule has 1 unspecified atom stereocenters. The van der Waals surface area contributed by atoms with Gasteiger partial charge >= 0.3 is 5.97 Å². The Morgan fingerprint density at radius 3 is 2.69 bits per heavy atom. The Bertz CT molecular complexity index is 1050. The number of sulfone groups is 1. The average molecular weight is 466 g/mol. The molecule has 0 bridgehead atoms. The van der Waals surface area contributed by atoms with Crippen LogP contribution in [0.15, 0.2) is 40.8 Å². The number of amides is 1. The number of furan rings is 1. The van der Waals surface area contributed by atoms with Crippen molar-refractivity contribution < 1.29 is 31.6 Å². The fourth-order valence-corrected chi connectivity index (χ4v) is 5.43. The number of aryl methyl sites for hydroxylation is 1. The van der Waals surface area contributed by atoms with Gasteiger partial charge in [-0.3, -0.25) is 9.59 Å². The number of hydrogen-bond donors (Lipinski definition) is 0. The van der Waals surface area contributed by atoms with E-state index in [-0.39, 0.29) is 36.3 Å². The van der Waals surface area contributed by atoms with Gasteiger partial charge in [-0.15, -0.1) is 0 Å². The van der Waals surface area contributed by atoms with Gasteiger partial charge in [0.1, 0.15) is 17.3 Å². The van der Waals surface area contributed by atoms with Crippen molar-refractivity contribution in [3.05, 3.63) is 48.0 Å². The van der Waals surface area contributed by atoms with Crippen LogP contribution in [0.2, 0.25) is 0 Å². The van der Waals surface area contributed by atoms with Gasteiger partial charge in [-0.2, -0.15) is 0 Å². The summed E-state index contributed by atoms with van der Waals surface area (Å²) in [5.74, 6) is -0.420. The lowest BCUT2D eigenvalue weighted by molar-refractivity contribution is -0.152. The van der Waals surface area contributed by atoms with Gasteiger partial charge in [-0.25, -0.2) is 12.8 Å². The molecule has 2 aromatic rings. The minimum absolute atomic E-state index is 0.00424. The van der Waals surface area contributed by atoms with Crippen LogP contribution in [0.4, 0.5) is 4.39 Å². The van der Waals surface area contributed by atoms with Gasteiger partial charge in [0.05, 0.1) is 23.5 Å². The number of benzene rings is 1. The lowest BCUT2D eigenvalue weighted by atomic mass is 10.1. The summed E-state index contributed by atoms with van der Waals surface area (Å²) in [6.45, 7) is 2.01. The molecule has 9 heteroatoms. The molecule has 1 aromatic heterocycles. The van der Waals surface area contributed by atoms with Gasteiger partial charge in [0.25, 0.3) is 5.91 Å². The van der Waals surface area contributed by atoms with E-state index >= 15 is 0 Å². The van der Waals surface area contributed by atoms with Crippen molar-refractivity contribution in [3.8, 4) is 11.3 Å². The molecule has 1 saturated heterocycles. The van der Waals surface area contributed by atoms with Crippen LogP contribution in [0, 0.1) is 5.82 Å². The van der Waals surface area contributed by atoms with Gasteiger partial charge in [-0.1, -0.05) is 25.5 Å². The summed E-state index contributed by atoms with van der Waals surface area (Å²) in [6.07, 6.45) is 2.28. The third kappa shape index (κ3) is 6.41. The Morgan fingerprint density at radius 2 is 2.00 bits per heavy atom. The first-order valence-corrected chi connectivity index (χ1v) is 12.6. The number of carbonyl (C=O) groups is 2. The van der Waals surface area contributed by atoms with Gasteiger partial charge in [0.15, 0.2) is 16.4 Å². The van der Waals surface area contributed by atoms with Crippen LogP contribution in [-0.2, 0) is 30.6 Å². The number of halogens is 1. The average Bonchev–Trinajstić information content (AvgIpc) is 3.37. The molecule has 1 fully saturated rings. The van der Waals surface area contributed by atoms with Crippen LogP contribution in [-0.4, -0.2) is 55.9 Å². The first-order valence-electron chi connectivity index (χ1n) is 10.8. The Balaban J connectivity index is 1.49. The van der Waals surface area contributed by atoms with Crippen molar-refractivity contribution >= 4 is 21.7 Å². The Labute approximate surface area is 187 Å². The number of carbonyl (C=O) groups excluding carboxylic acids is 2. The van der Waals surface area contributed by atoms with Crippen molar-refractivity contribution in [2.75, 3.05) is 24.7 Å². The van der Waals surface area contributed by atoms with Crippen molar-refractivity contribution in [1.82, 2.24) is 4.90 Å². The van der Waals surface area contributed by atoms with Crippen molar-refractivity contribution in [1.29, 1.82) is 0 Å². The first-order chi connectivity index (χ1) is 15.3. The fraction of sp³-hybridized carbons (Fsp3) is 0.478. The van der Waals surface area contributed by atoms with E-state index in [1.165, 1.54) is 11.0 Å². The Morgan fingerprint density at radius 1 is 1.22 bits per heavy atom. The second kappa shape index (κ2) is 10.8. The summed E-state index contributed by atoms with van der Waals surface area (Å²) >= 11 is 0. The predicted molar refractivity (Wildman–Crippen MR) is 117 cm³/mol. The Kier molecular flexibility index (Phi) is 8.06. The third-order valence-corrected chi connectivity index (χ3v) is 7.21. The zero-order valence-corrected chi connectivity index (χ0v) is 18.9. The van der Waals surface area contributed by atoms with E-state index in [4.69, 9.17) is 9.15 Å². The molecule has 0 spiro atoms. The molecule has 3 rings (SSSR count). The van der Waals surface area contributed by atoms with Crippen molar-refractivity contribution in [2.24, 2.45) is 0 Å². The van der Waals surface area contributed by atoms with E-state index in [2.05, 4.69) is 0 Å². The molecule has 2 heterocycles. The molecule has 0 N–H and O–H groups in total. The van der Waals surface area contributed by atoms with Crippen LogP contribution in [0.3, 0.4) is 0 Å². The second-order valence-electron chi connectivity index (χ2n) is 7.90. The minimum atomic E-state index is -3.13. The van der Waals surface area contributed by atoms with E-state index in [0.29, 0.717) is 30.0 Å². The Hall–Kier alpha value is -2.68. The van der Waals surface area contributed by atoms with Crippen molar-refractivity contribution in [2.45, 2.75) is 45.1 Å². The molecular weight excluding hydrogens is 437 g/mol. The maximum absolute atomic E-state index is 13.9. The van der Waals surface area contributed by atoms with E-state index in [9.17, 15) is 22.4 Å². The van der Waals surface area contributed by atoms with Gasteiger partial charge in [0.2, 0.25) is 0 Å². The molecule has 1 aliphatic heterocycles. The summed E-state index contributed by atoms with van der Waals surface area (Å²) in [7, 11) is -3.13. The zero-order chi connectivity index (χ0) is 23.1. The molecule has 1 aromatic carbocycles. The smallest absolute Gasteiger partial charge is 0.306 e. The van der Waals surface area contributed by atoms with Crippen LogP contribution < -0.4 is 0 Å². The summed E-state index contributed by atoms with van der Waals surface area (Å²) < 4.78 is 48.2. The molecule has 0 aliphatic carbocycles. The highest BCUT2D eigenvalue weighted by atomic mass is 32.2. The quantitative estimate of drug-likeness (QED) is 0.500.